The summed E-state index contributed by atoms with van der Waals surface area (Å²) < 4.78 is 33.8. The van der Waals surface area contributed by atoms with E-state index in [0.717, 1.165) is 62.9 Å². The maximum absolute atomic E-state index is 15.1. The normalized spacial score (nSPS) is 25.0. The Morgan fingerprint density at radius 3 is 2.44 bits per heavy atom. The Morgan fingerprint density at radius 1 is 1.03 bits per heavy atom. The first-order valence-corrected chi connectivity index (χ1v) is 20.2. The molecule has 3 aliphatic heterocycles. The second-order valence-corrected chi connectivity index (χ2v) is 17.8. The Kier molecular flexibility index (Phi) is 8.51. The van der Waals surface area contributed by atoms with Gasteiger partial charge in [-0.15, -0.1) is 0 Å². The van der Waals surface area contributed by atoms with Crippen molar-refractivity contribution >= 4 is 45.5 Å². The number of fused-ring (bicyclic) bond motifs is 2. The summed E-state index contributed by atoms with van der Waals surface area (Å²) in [5.41, 5.74) is 2.19. The van der Waals surface area contributed by atoms with Gasteiger partial charge in [0.05, 0.1) is 39.9 Å². The molecule has 304 valence electrons. The molecule has 2 bridgehead atoms. The summed E-state index contributed by atoms with van der Waals surface area (Å²) in [5.74, 6) is -3.58. The minimum atomic E-state index is -1.26. The third kappa shape index (κ3) is 6.25. The number of carbonyl (C=O) groups is 3. The average molecular weight is 803 g/mol. The number of nitrogens with zero attached hydrogens (tertiary/aromatic N) is 8. The van der Waals surface area contributed by atoms with E-state index in [2.05, 4.69) is 42.5 Å². The van der Waals surface area contributed by atoms with Gasteiger partial charge in [0.2, 0.25) is 11.8 Å². The average Bonchev–Trinajstić information content (AvgIpc) is 3.76. The van der Waals surface area contributed by atoms with Crippen LogP contribution in [0, 0.1) is 28.9 Å². The van der Waals surface area contributed by atoms with E-state index in [9.17, 15) is 24.8 Å². The zero-order valence-electron chi connectivity index (χ0n) is 32.8. The number of nitriles is 1. The van der Waals surface area contributed by atoms with Gasteiger partial charge in [0, 0.05) is 97.8 Å². The Morgan fingerprint density at radius 2 is 1.76 bits per heavy atom. The Hall–Kier alpha value is -5.76. The fourth-order valence-electron chi connectivity index (χ4n) is 10.3. The second kappa shape index (κ2) is 13.4. The molecule has 1 atom stereocenters. The molecule has 0 unspecified atom stereocenters. The first-order valence-electron chi connectivity index (χ1n) is 20.2. The van der Waals surface area contributed by atoms with E-state index in [4.69, 9.17) is 5.10 Å². The maximum Gasteiger partial charge on any atom is 0.274 e. The van der Waals surface area contributed by atoms with Crippen molar-refractivity contribution in [3.63, 3.8) is 0 Å². The summed E-state index contributed by atoms with van der Waals surface area (Å²) in [6.45, 7) is 9.60. The molecule has 3 aromatic heterocycles. The third-order valence-corrected chi connectivity index (χ3v) is 13.4. The summed E-state index contributed by atoms with van der Waals surface area (Å²) in [7, 11) is 0. The molecule has 0 radical (unpaired) electrons. The SMILES string of the molecule is CC(C)(O)c1cc2nn(C34CC(N5CCN(CC6CN(c7cc(F)c([C@H]8CCC(=O)NC8=O)c(F)c7)C6)CC5)(C3)C4)cc2cc1NC(=O)c1ccc2cc(C#N)cnn12. The lowest BCUT2D eigenvalue weighted by Gasteiger charge is -2.74. The van der Waals surface area contributed by atoms with Gasteiger partial charge in [0.1, 0.15) is 23.4 Å². The molecule has 3 N–H and O–H groups in total. The van der Waals surface area contributed by atoms with Crippen molar-refractivity contribution in [3.8, 4) is 6.07 Å². The number of hydrogen-bond donors (Lipinski definition) is 3. The molecule has 6 heterocycles. The Labute approximate surface area is 338 Å². The Bertz CT molecular complexity index is 2580. The van der Waals surface area contributed by atoms with Gasteiger partial charge >= 0.3 is 0 Å². The smallest absolute Gasteiger partial charge is 0.274 e. The molecule has 2 aromatic carbocycles. The molecule has 0 spiro atoms. The zero-order valence-corrected chi connectivity index (χ0v) is 32.8. The second-order valence-electron chi connectivity index (χ2n) is 17.8. The van der Waals surface area contributed by atoms with E-state index >= 15 is 8.78 Å². The number of imide groups is 1. The molecule has 5 aromatic rings. The number of halogens is 2. The van der Waals surface area contributed by atoms with Crippen molar-refractivity contribution in [2.45, 2.75) is 68.5 Å². The summed E-state index contributed by atoms with van der Waals surface area (Å²) >= 11 is 0. The highest BCUT2D eigenvalue weighted by atomic mass is 19.1. The van der Waals surface area contributed by atoms with Crippen LogP contribution in [0.2, 0.25) is 0 Å². The largest absolute Gasteiger partial charge is 0.386 e. The number of anilines is 2. The highest BCUT2D eigenvalue weighted by Crippen LogP contribution is 2.68. The van der Waals surface area contributed by atoms with E-state index in [1.807, 2.05) is 17.0 Å². The predicted octanol–water partition coefficient (Wildman–Crippen LogP) is 4.22. The topological polar surface area (TPSA) is 164 Å². The van der Waals surface area contributed by atoms with Crippen molar-refractivity contribution in [1.82, 2.24) is 34.5 Å². The highest BCUT2D eigenvalue weighted by molar-refractivity contribution is 6.05. The number of benzene rings is 2. The van der Waals surface area contributed by atoms with Crippen LogP contribution in [-0.4, -0.2) is 103 Å². The molecule has 11 rings (SSSR count). The van der Waals surface area contributed by atoms with E-state index in [1.165, 1.54) is 22.8 Å². The van der Waals surface area contributed by atoms with Gasteiger partial charge < -0.3 is 20.2 Å². The first-order chi connectivity index (χ1) is 28.2. The quantitative estimate of drug-likeness (QED) is 0.184. The predicted molar refractivity (Wildman–Crippen MR) is 213 cm³/mol. The van der Waals surface area contributed by atoms with Crippen LogP contribution in [0.5, 0.6) is 0 Å². The molecular weight excluding hydrogens is 759 g/mol. The van der Waals surface area contributed by atoms with Crippen molar-refractivity contribution in [2.75, 3.05) is 56.0 Å². The number of piperazine rings is 1. The molecule has 6 fully saturated rings. The molecule has 3 saturated carbocycles. The first kappa shape index (κ1) is 37.5. The van der Waals surface area contributed by atoms with Crippen LogP contribution >= 0.6 is 0 Å². The number of nitrogens with one attached hydrogen (secondary N) is 2. The number of amides is 3. The number of piperidine rings is 1. The summed E-state index contributed by atoms with van der Waals surface area (Å²) in [6.07, 6.45) is 6.68. The van der Waals surface area contributed by atoms with Crippen molar-refractivity contribution in [3.05, 3.63) is 88.9 Å². The van der Waals surface area contributed by atoms with Crippen LogP contribution in [-0.2, 0) is 20.7 Å². The van der Waals surface area contributed by atoms with Gasteiger partial charge in [0.15, 0.2) is 0 Å². The van der Waals surface area contributed by atoms with E-state index in [0.29, 0.717) is 52.7 Å². The van der Waals surface area contributed by atoms with Gasteiger partial charge in [-0.25, -0.2) is 13.3 Å². The van der Waals surface area contributed by atoms with Crippen LogP contribution in [0.3, 0.4) is 0 Å². The Balaban J connectivity index is 0.742. The molecule has 6 aliphatic rings. The van der Waals surface area contributed by atoms with Crippen LogP contribution in [0.4, 0.5) is 20.2 Å². The molecule has 3 aliphatic carbocycles. The molecule has 59 heavy (non-hydrogen) atoms. The highest BCUT2D eigenvalue weighted by Gasteiger charge is 2.71. The van der Waals surface area contributed by atoms with Gasteiger partial charge in [-0.1, -0.05) is 0 Å². The fourth-order valence-corrected chi connectivity index (χ4v) is 10.3. The lowest BCUT2D eigenvalue weighted by atomic mass is 9.43. The monoisotopic (exact) mass is 802 g/mol. The lowest BCUT2D eigenvalue weighted by molar-refractivity contribution is -0.217. The van der Waals surface area contributed by atoms with Crippen LogP contribution in [0.25, 0.3) is 16.4 Å². The molecular formula is C43H44F2N10O4. The number of carbonyl (C=O) groups excluding carboxylic acids is 3. The minimum absolute atomic E-state index is 0.0539. The number of aromatic nitrogens is 4. The van der Waals surface area contributed by atoms with Crippen molar-refractivity contribution < 1.29 is 28.3 Å². The molecule has 16 heteroatoms. The molecule has 3 amide bonds. The van der Waals surface area contributed by atoms with Gasteiger partial charge in [0.25, 0.3) is 5.91 Å². The number of rotatable bonds is 9. The number of hydrogen-bond acceptors (Lipinski definition) is 10. The van der Waals surface area contributed by atoms with Gasteiger partial charge in [-0.05, 0) is 82.0 Å². The van der Waals surface area contributed by atoms with Crippen LogP contribution < -0.4 is 15.5 Å². The number of aliphatic hydroxyl groups is 1. The van der Waals surface area contributed by atoms with Crippen LogP contribution in [0.15, 0.2) is 54.9 Å². The summed E-state index contributed by atoms with van der Waals surface area (Å²) in [5, 5.41) is 35.7. The molecule has 14 nitrogen and oxygen atoms in total. The zero-order chi connectivity index (χ0) is 41.0. The standard InChI is InChI=1S/C43H44F2N10O4/c1-41(2,59)31-15-34-27(12-35(31)48-40(58)36-5-3-28-11-25(16-46)17-47-55(28)36)21-54(50-34)43-22-42(23-43,24-43)53-9-7-51(8-10-53)18-26-19-52(20-26)29-13-32(44)38(33(45)14-29)30-4-6-37(56)49-39(30)57/h3,5,11-15,17,21,26,30,59H,4,6-10,18-20,22-24H2,1-2H3,(H,48,58)(H,49,56,57)/t30-,42?,43?/m1/s1. The van der Waals surface area contributed by atoms with Crippen molar-refractivity contribution in [1.29, 1.82) is 5.26 Å². The van der Waals surface area contributed by atoms with E-state index < -0.39 is 35.0 Å². The van der Waals surface area contributed by atoms with Crippen LogP contribution in [0.1, 0.15) is 79.0 Å². The van der Waals surface area contributed by atoms with E-state index in [-0.39, 0.29) is 35.4 Å². The molecule has 3 saturated heterocycles. The fraction of sp³-hybridized carbons (Fsp3) is 0.442. The minimum Gasteiger partial charge on any atom is -0.386 e. The summed E-state index contributed by atoms with van der Waals surface area (Å²) in [6, 6.07) is 13.5. The van der Waals surface area contributed by atoms with E-state index in [1.54, 1.807) is 32.0 Å². The maximum atomic E-state index is 15.1. The van der Waals surface area contributed by atoms with Crippen molar-refractivity contribution in [2.24, 2.45) is 5.92 Å². The third-order valence-electron chi connectivity index (χ3n) is 13.4. The summed E-state index contributed by atoms with van der Waals surface area (Å²) in [4.78, 5) is 44.4. The van der Waals surface area contributed by atoms with Gasteiger partial charge in [-0.2, -0.15) is 15.5 Å². The van der Waals surface area contributed by atoms with Gasteiger partial charge in [-0.3, -0.25) is 29.3 Å². The lowest BCUT2D eigenvalue weighted by Crippen LogP contribution is -2.80.